The highest BCUT2D eigenvalue weighted by Crippen LogP contribution is 2.61. The minimum atomic E-state index is -3.15. The van der Waals surface area contributed by atoms with Gasteiger partial charge in [-0.05, 0) is 58.8 Å². The maximum atomic E-state index is 13.5. The Morgan fingerprint density at radius 3 is 2.19 bits per heavy atom. The van der Waals surface area contributed by atoms with Gasteiger partial charge in [-0.25, -0.2) is 8.78 Å². The number of esters is 3. The predicted molar refractivity (Wildman–Crippen MR) is 123 cm³/mol. The van der Waals surface area contributed by atoms with E-state index in [1.54, 1.807) is 4.90 Å². The molecule has 3 aliphatic carbocycles. The monoisotopic (exact) mass is 513 g/mol. The van der Waals surface area contributed by atoms with Gasteiger partial charge in [0.1, 0.15) is 12.2 Å². The third kappa shape index (κ3) is 5.37. The summed E-state index contributed by atoms with van der Waals surface area (Å²) in [5.41, 5.74) is -0.536. The molecule has 2 bridgehead atoms. The fourth-order valence-corrected chi connectivity index (χ4v) is 6.69. The third-order valence-electron chi connectivity index (χ3n) is 7.99. The Hall–Kier alpha value is -2.26. The minimum Gasteiger partial charge on any atom is -0.462 e. The summed E-state index contributed by atoms with van der Waals surface area (Å²) in [5.74, 6) is -6.83. The number of fused-ring (bicyclic) bond motifs is 1. The number of nitrogens with zero attached hydrogens (tertiary/aromatic N) is 1. The Balaban J connectivity index is 1.46. The van der Waals surface area contributed by atoms with Crippen molar-refractivity contribution in [2.45, 2.75) is 109 Å². The second-order valence-electron chi connectivity index (χ2n) is 11.9. The molecule has 6 atom stereocenters. The molecule has 0 radical (unpaired) electrons. The highest BCUT2D eigenvalue weighted by Gasteiger charge is 2.72. The van der Waals surface area contributed by atoms with Gasteiger partial charge < -0.3 is 19.1 Å². The number of hydrogen-bond acceptors (Lipinski definition) is 7. The number of carbonyl (C=O) groups is 4. The van der Waals surface area contributed by atoms with E-state index in [0.29, 0.717) is 13.3 Å². The topological polar surface area (TPSA) is 99.2 Å². The van der Waals surface area contributed by atoms with Crippen molar-refractivity contribution in [1.29, 1.82) is 0 Å². The Labute approximate surface area is 210 Å². The second kappa shape index (κ2) is 9.89. The van der Waals surface area contributed by atoms with Gasteiger partial charge in [0.25, 0.3) is 5.92 Å². The lowest BCUT2D eigenvalue weighted by Crippen LogP contribution is -2.53. The van der Waals surface area contributed by atoms with Gasteiger partial charge in [0, 0.05) is 18.4 Å². The van der Waals surface area contributed by atoms with Gasteiger partial charge in [0.15, 0.2) is 6.61 Å². The SMILES string of the molecule is CC(F)(F)COC(=O)CCC(=O)OC1C2CC3C(C(=O)N(C(C)(C)C)C31)C2C(=O)OC1CCCCC1. The van der Waals surface area contributed by atoms with Crippen LogP contribution in [0.2, 0.25) is 0 Å². The summed E-state index contributed by atoms with van der Waals surface area (Å²) in [7, 11) is 0. The third-order valence-corrected chi connectivity index (χ3v) is 7.99. The van der Waals surface area contributed by atoms with Gasteiger partial charge in [-0.1, -0.05) is 6.42 Å². The zero-order chi connectivity index (χ0) is 26.4. The van der Waals surface area contributed by atoms with Gasteiger partial charge in [0.2, 0.25) is 5.91 Å². The van der Waals surface area contributed by atoms with Crippen LogP contribution < -0.4 is 0 Å². The molecule has 0 aromatic rings. The van der Waals surface area contributed by atoms with E-state index in [1.807, 2.05) is 20.8 Å². The van der Waals surface area contributed by atoms with Crippen molar-refractivity contribution >= 4 is 23.8 Å². The summed E-state index contributed by atoms with van der Waals surface area (Å²) < 4.78 is 42.0. The lowest BCUT2D eigenvalue weighted by molar-refractivity contribution is -0.168. The minimum absolute atomic E-state index is 0.104. The van der Waals surface area contributed by atoms with Crippen molar-refractivity contribution in [3.05, 3.63) is 0 Å². The normalized spacial score (nSPS) is 32.1. The second-order valence-corrected chi connectivity index (χ2v) is 11.9. The van der Waals surface area contributed by atoms with Crippen LogP contribution in [-0.2, 0) is 33.4 Å². The number of ether oxygens (including phenoxy) is 3. The number of alkyl halides is 2. The summed E-state index contributed by atoms with van der Waals surface area (Å²) in [6.45, 7) is 5.32. The molecule has 1 heterocycles. The molecule has 0 spiro atoms. The number of hydrogen-bond donors (Lipinski definition) is 0. The van der Waals surface area contributed by atoms with Gasteiger partial charge in [-0.3, -0.25) is 19.2 Å². The molecule has 0 aromatic carbocycles. The largest absolute Gasteiger partial charge is 0.462 e. The molecule has 202 valence electrons. The first-order valence-electron chi connectivity index (χ1n) is 13.0. The van der Waals surface area contributed by atoms with E-state index in [0.717, 1.165) is 32.1 Å². The molecule has 3 saturated carbocycles. The smallest absolute Gasteiger partial charge is 0.310 e. The van der Waals surface area contributed by atoms with Gasteiger partial charge in [0.05, 0.1) is 30.7 Å². The van der Waals surface area contributed by atoms with Crippen LogP contribution in [0.4, 0.5) is 8.78 Å². The quantitative estimate of drug-likeness (QED) is 0.361. The first kappa shape index (κ1) is 26.8. The Morgan fingerprint density at radius 1 is 0.944 bits per heavy atom. The van der Waals surface area contributed by atoms with E-state index in [4.69, 9.17) is 9.47 Å². The van der Waals surface area contributed by atoms with E-state index in [-0.39, 0.29) is 42.3 Å². The van der Waals surface area contributed by atoms with Crippen LogP contribution in [0, 0.1) is 23.7 Å². The van der Waals surface area contributed by atoms with Crippen molar-refractivity contribution < 1.29 is 42.2 Å². The van der Waals surface area contributed by atoms with Crippen LogP contribution in [0.1, 0.15) is 79.1 Å². The molecule has 8 nitrogen and oxygen atoms in total. The number of carbonyl (C=O) groups excluding carboxylic acids is 4. The maximum Gasteiger partial charge on any atom is 0.310 e. The van der Waals surface area contributed by atoms with Crippen molar-refractivity contribution in [2.24, 2.45) is 23.7 Å². The summed E-state index contributed by atoms with van der Waals surface area (Å²) >= 11 is 0. The van der Waals surface area contributed by atoms with Gasteiger partial charge in [-0.2, -0.15) is 0 Å². The average Bonchev–Trinajstić information content (AvgIpc) is 3.39. The fourth-order valence-electron chi connectivity index (χ4n) is 6.69. The Kier molecular flexibility index (Phi) is 7.36. The van der Waals surface area contributed by atoms with E-state index in [2.05, 4.69) is 4.74 Å². The fraction of sp³-hybridized carbons (Fsp3) is 0.846. The van der Waals surface area contributed by atoms with Gasteiger partial charge in [-0.15, -0.1) is 0 Å². The predicted octanol–water partition coefficient (Wildman–Crippen LogP) is 3.64. The number of rotatable bonds is 8. The van der Waals surface area contributed by atoms with Crippen molar-refractivity contribution in [3.8, 4) is 0 Å². The standard InChI is InChI=1S/C26H37F2NO7/c1-25(2,3)29-21-15-12-16(22(21)36-18(31)11-10-17(30)34-13-26(4,27)28)20(19(15)23(29)32)24(33)35-14-8-6-5-7-9-14/h14-16,19-22H,5-13H2,1-4H3. The maximum absolute atomic E-state index is 13.5. The molecule has 0 aromatic heterocycles. The highest BCUT2D eigenvalue weighted by atomic mass is 19.3. The molecule has 4 aliphatic rings. The number of amides is 1. The van der Waals surface area contributed by atoms with Crippen molar-refractivity contribution in [1.82, 2.24) is 4.90 Å². The summed E-state index contributed by atoms with van der Waals surface area (Å²) in [6, 6.07) is -0.346. The zero-order valence-corrected chi connectivity index (χ0v) is 21.5. The van der Waals surface area contributed by atoms with Crippen LogP contribution in [0.25, 0.3) is 0 Å². The van der Waals surface area contributed by atoms with Gasteiger partial charge >= 0.3 is 17.9 Å². The van der Waals surface area contributed by atoms with E-state index >= 15 is 0 Å². The average molecular weight is 514 g/mol. The molecule has 4 fully saturated rings. The Bertz CT molecular complexity index is 890. The van der Waals surface area contributed by atoms with Crippen LogP contribution in [0.3, 0.4) is 0 Å². The molecule has 1 saturated heterocycles. The Morgan fingerprint density at radius 2 is 1.58 bits per heavy atom. The van der Waals surface area contributed by atoms with Crippen LogP contribution in [0.5, 0.6) is 0 Å². The molecule has 4 rings (SSSR count). The highest BCUT2D eigenvalue weighted by molar-refractivity contribution is 5.91. The van der Waals surface area contributed by atoms with Crippen LogP contribution in [-0.4, -0.2) is 65.0 Å². The summed E-state index contributed by atoms with van der Waals surface area (Å²) in [6.07, 6.45) is 3.81. The molecular formula is C26H37F2NO7. The number of halogens is 2. The molecule has 0 N–H and O–H groups in total. The molecule has 36 heavy (non-hydrogen) atoms. The summed E-state index contributed by atoms with van der Waals surface area (Å²) in [5, 5.41) is 0. The van der Waals surface area contributed by atoms with E-state index in [9.17, 15) is 28.0 Å². The first-order chi connectivity index (χ1) is 16.8. The number of likely N-dealkylation sites (tertiary alicyclic amines) is 1. The first-order valence-corrected chi connectivity index (χ1v) is 13.0. The van der Waals surface area contributed by atoms with E-state index in [1.165, 1.54) is 0 Å². The van der Waals surface area contributed by atoms with Crippen LogP contribution in [0.15, 0.2) is 0 Å². The van der Waals surface area contributed by atoms with Crippen molar-refractivity contribution in [2.75, 3.05) is 6.61 Å². The van der Waals surface area contributed by atoms with Crippen LogP contribution >= 0.6 is 0 Å². The molecular weight excluding hydrogens is 476 g/mol. The lowest BCUT2D eigenvalue weighted by atomic mass is 9.78. The lowest BCUT2D eigenvalue weighted by Gasteiger charge is -2.40. The molecule has 6 unspecified atom stereocenters. The molecule has 10 heteroatoms. The summed E-state index contributed by atoms with van der Waals surface area (Å²) in [4.78, 5) is 53.1. The molecule has 1 aliphatic heterocycles. The molecule has 1 amide bonds. The zero-order valence-electron chi connectivity index (χ0n) is 21.5. The van der Waals surface area contributed by atoms with E-state index < -0.39 is 54.4 Å². The van der Waals surface area contributed by atoms with Crippen molar-refractivity contribution in [3.63, 3.8) is 0 Å².